The van der Waals surface area contributed by atoms with Gasteiger partial charge in [-0.2, -0.15) is 0 Å². The van der Waals surface area contributed by atoms with E-state index in [4.69, 9.17) is 22.1 Å². The zero-order valence-corrected chi connectivity index (χ0v) is 15.8. The van der Waals surface area contributed by atoms with Crippen LogP contribution in [0.3, 0.4) is 0 Å². The number of nitrogens with zero attached hydrogens (tertiary/aromatic N) is 1. The van der Waals surface area contributed by atoms with Gasteiger partial charge in [0.15, 0.2) is 0 Å². The predicted molar refractivity (Wildman–Crippen MR) is 99.9 cm³/mol. The second-order valence-electron chi connectivity index (χ2n) is 6.81. The summed E-state index contributed by atoms with van der Waals surface area (Å²) in [4.78, 5) is 25.0. The van der Waals surface area contributed by atoms with Gasteiger partial charge in [-0.25, -0.2) is 4.39 Å². The van der Waals surface area contributed by atoms with Crippen LogP contribution in [0.2, 0.25) is 5.02 Å². The molecule has 1 fully saturated rings. The molecular formula is C20H20ClFN2O3. The molecule has 7 heteroatoms. The van der Waals surface area contributed by atoms with Crippen LogP contribution in [0.5, 0.6) is 11.5 Å². The molecule has 0 saturated heterocycles. The molecule has 2 atom stereocenters. The number of halogens is 2. The minimum Gasteiger partial charge on any atom is -0.457 e. The van der Waals surface area contributed by atoms with E-state index >= 15 is 0 Å². The third kappa shape index (κ3) is 4.39. The Bertz CT molecular complexity index is 903. The number of hydrogen-bond donors (Lipinski definition) is 1. The fraction of sp³-hybridized carbons (Fsp3) is 0.300. The number of hydrogen-bond acceptors (Lipinski definition) is 3. The van der Waals surface area contributed by atoms with Crippen molar-refractivity contribution in [3.63, 3.8) is 0 Å². The number of carbonyl (C=O) groups is 2. The lowest BCUT2D eigenvalue weighted by molar-refractivity contribution is -0.133. The molecule has 1 saturated carbocycles. The van der Waals surface area contributed by atoms with Gasteiger partial charge in [-0.15, -0.1) is 0 Å². The summed E-state index contributed by atoms with van der Waals surface area (Å²) in [5, 5.41) is 0.452. The summed E-state index contributed by atoms with van der Waals surface area (Å²) in [6.07, 6.45) is 0.510. The molecule has 2 N–H and O–H groups in total. The summed E-state index contributed by atoms with van der Waals surface area (Å²) in [6, 6.07) is 9.66. The minimum absolute atomic E-state index is 0.114. The van der Waals surface area contributed by atoms with Crippen LogP contribution in [0, 0.1) is 24.6 Å². The third-order valence-electron chi connectivity index (χ3n) is 4.65. The summed E-state index contributed by atoms with van der Waals surface area (Å²) < 4.78 is 19.0. The molecule has 27 heavy (non-hydrogen) atoms. The highest BCUT2D eigenvalue weighted by molar-refractivity contribution is 6.31. The molecule has 3 rings (SSSR count). The van der Waals surface area contributed by atoms with Gasteiger partial charge in [0.2, 0.25) is 11.8 Å². The van der Waals surface area contributed by atoms with Crippen LogP contribution in [0.1, 0.15) is 17.5 Å². The van der Waals surface area contributed by atoms with E-state index in [1.807, 2.05) is 0 Å². The van der Waals surface area contributed by atoms with E-state index in [0.717, 1.165) is 5.56 Å². The summed E-state index contributed by atoms with van der Waals surface area (Å²) in [5.41, 5.74) is 6.48. The van der Waals surface area contributed by atoms with Crippen molar-refractivity contribution in [2.24, 2.45) is 17.6 Å². The van der Waals surface area contributed by atoms with E-state index in [1.165, 1.54) is 6.07 Å². The zero-order chi connectivity index (χ0) is 19.7. The van der Waals surface area contributed by atoms with E-state index in [1.54, 1.807) is 49.2 Å². The molecule has 142 valence electrons. The SMILES string of the molecule is Cc1cc(Oc2ccc(CN(C)C(=O)[C@@H]3C[C@@H]3C(N)=O)c(Cl)c2)ccc1F. The van der Waals surface area contributed by atoms with Gasteiger partial charge < -0.3 is 15.4 Å². The lowest BCUT2D eigenvalue weighted by Crippen LogP contribution is -2.29. The third-order valence-corrected chi connectivity index (χ3v) is 5.00. The van der Waals surface area contributed by atoms with Crippen molar-refractivity contribution in [2.45, 2.75) is 19.9 Å². The minimum atomic E-state index is -0.433. The van der Waals surface area contributed by atoms with Crippen molar-refractivity contribution >= 4 is 23.4 Å². The normalized spacial score (nSPS) is 18.1. The highest BCUT2D eigenvalue weighted by Crippen LogP contribution is 2.39. The number of benzene rings is 2. The lowest BCUT2D eigenvalue weighted by Gasteiger charge is -2.18. The topological polar surface area (TPSA) is 72.6 Å². The Morgan fingerprint density at radius 3 is 2.48 bits per heavy atom. The Labute approximate surface area is 161 Å². The van der Waals surface area contributed by atoms with Crippen molar-refractivity contribution in [1.29, 1.82) is 0 Å². The van der Waals surface area contributed by atoms with Gasteiger partial charge in [0, 0.05) is 18.6 Å². The van der Waals surface area contributed by atoms with Crippen molar-refractivity contribution in [3.8, 4) is 11.5 Å². The van der Waals surface area contributed by atoms with Gasteiger partial charge in [-0.3, -0.25) is 9.59 Å². The highest BCUT2D eigenvalue weighted by atomic mass is 35.5. The van der Waals surface area contributed by atoms with Crippen LogP contribution in [0.25, 0.3) is 0 Å². The van der Waals surface area contributed by atoms with Gasteiger partial charge in [0.25, 0.3) is 0 Å². The van der Waals surface area contributed by atoms with Gasteiger partial charge in [0.05, 0.1) is 11.8 Å². The summed E-state index contributed by atoms with van der Waals surface area (Å²) in [5.74, 6) is -0.496. The van der Waals surface area contributed by atoms with E-state index in [-0.39, 0.29) is 23.6 Å². The summed E-state index contributed by atoms with van der Waals surface area (Å²) in [7, 11) is 1.67. The molecule has 0 aromatic heterocycles. The maximum atomic E-state index is 13.3. The summed E-state index contributed by atoms with van der Waals surface area (Å²) >= 11 is 6.32. The molecule has 1 aliphatic rings. The second kappa shape index (κ2) is 7.56. The second-order valence-corrected chi connectivity index (χ2v) is 7.22. The van der Waals surface area contributed by atoms with E-state index in [0.29, 0.717) is 35.1 Å². The fourth-order valence-electron chi connectivity index (χ4n) is 2.94. The zero-order valence-electron chi connectivity index (χ0n) is 15.0. The van der Waals surface area contributed by atoms with Gasteiger partial charge in [-0.1, -0.05) is 17.7 Å². The number of carbonyl (C=O) groups excluding carboxylic acids is 2. The number of rotatable bonds is 6. The van der Waals surface area contributed by atoms with E-state index in [9.17, 15) is 14.0 Å². The smallest absolute Gasteiger partial charge is 0.226 e. The van der Waals surface area contributed by atoms with Crippen molar-refractivity contribution in [1.82, 2.24) is 4.90 Å². The fourth-order valence-corrected chi connectivity index (χ4v) is 3.17. The van der Waals surface area contributed by atoms with Crippen LogP contribution in [0.4, 0.5) is 4.39 Å². The molecule has 2 aromatic rings. The standard InChI is InChI=1S/C20H20ClFN2O3/c1-11-7-13(5-6-18(11)22)27-14-4-3-12(17(21)8-14)10-24(2)20(26)16-9-15(16)19(23)25/h3-8,15-16H,9-10H2,1-2H3,(H2,23,25)/t15-,16+/m0/s1. The number of ether oxygens (including phenoxy) is 1. The van der Waals surface area contributed by atoms with Gasteiger partial charge >= 0.3 is 0 Å². The van der Waals surface area contributed by atoms with E-state index in [2.05, 4.69) is 0 Å². The summed E-state index contributed by atoms with van der Waals surface area (Å²) in [6.45, 7) is 1.98. The molecule has 5 nitrogen and oxygen atoms in total. The Morgan fingerprint density at radius 2 is 1.89 bits per heavy atom. The molecule has 0 heterocycles. The number of primary amides is 1. The Kier molecular flexibility index (Phi) is 5.37. The Morgan fingerprint density at radius 1 is 1.22 bits per heavy atom. The molecule has 0 bridgehead atoms. The van der Waals surface area contributed by atoms with Crippen LogP contribution >= 0.6 is 11.6 Å². The predicted octanol–water partition coefficient (Wildman–Crippen LogP) is 3.66. The first-order valence-electron chi connectivity index (χ1n) is 8.53. The molecular weight excluding hydrogens is 371 g/mol. The quantitative estimate of drug-likeness (QED) is 0.818. The average molecular weight is 391 g/mol. The van der Waals surface area contributed by atoms with Crippen molar-refractivity contribution in [2.75, 3.05) is 7.05 Å². The Hall–Kier alpha value is -2.60. The molecule has 0 radical (unpaired) electrons. The van der Waals surface area contributed by atoms with Gasteiger partial charge in [0.1, 0.15) is 17.3 Å². The van der Waals surface area contributed by atoms with E-state index < -0.39 is 5.91 Å². The largest absolute Gasteiger partial charge is 0.457 e. The highest BCUT2D eigenvalue weighted by Gasteiger charge is 2.48. The first-order valence-corrected chi connectivity index (χ1v) is 8.90. The maximum absolute atomic E-state index is 13.3. The van der Waals surface area contributed by atoms with Gasteiger partial charge in [-0.05, 0) is 54.8 Å². The van der Waals surface area contributed by atoms with Crippen LogP contribution in [-0.4, -0.2) is 23.8 Å². The molecule has 0 spiro atoms. The van der Waals surface area contributed by atoms with Crippen LogP contribution < -0.4 is 10.5 Å². The molecule has 2 aromatic carbocycles. The molecule has 0 aliphatic heterocycles. The number of aryl methyl sites for hydroxylation is 1. The number of amides is 2. The first-order chi connectivity index (χ1) is 12.8. The Balaban J connectivity index is 1.65. The van der Waals surface area contributed by atoms with Crippen LogP contribution in [-0.2, 0) is 16.1 Å². The molecule has 2 amide bonds. The lowest BCUT2D eigenvalue weighted by atomic mass is 10.2. The van der Waals surface area contributed by atoms with Crippen molar-refractivity contribution in [3.05, 3.63) is 58.4 Å². The molecule has 1 aliphatic carbocycles. The number of nitrogens with two attached hydrogens (primary N) is 1. The first kappa shape index (κ1) is 19.2. The molecule has 0 unspecified atom stereocenters. The van der Waals surface area contributed by atoms with Crippen molar-refractivity contribution < 1.29 is 18.7 Å². The average Bonchev–Trinajstić information content (AvgIpc) is 3.41. The maximum Gasteiger partial charge on any atom is 0.226 e. The van der Waals surface area contributed by atoms with Crippen LogP contribution in [0.15, 0.2) is 36.4 Å². The monoisotopic (exact) mass is 390 g/mol.